The van der Waals surface area contributed by atoms with Crippen molar-refractivity contribution in [1.29, 1.82) is 0 Å². The lowest BCUT2D eigenvalue weighted by Crippen LogP contribution is -2.28. The number of phenols is 1. The maximum absolute atomic E-state index is 9.83. The number of rotatable bonds is 2. The van der Waals surface area contributed by atoms with E-state index in [-0.39, 0.29) is 11.9 Å². The van der Waals surface area contributed by atoms with Crippen LogP contribution in [0, 0.1) is 0 Å². The van der Waals surface area contributed by atoms with Gasteiger partial charge in [-0.05, 0) is 24.9 Å². The van der Waals surface area contributed by atoms with E-state index < -0.39 is 7.12 Å². The first-order valence-electron chi connectivity index (χ1n) is 5.57. The largest absolute Gasteiger partial charge is 0.508 e. The average molecular weight is 230 g/mol. The Morgan fingerprint density at radius 3 is 2.76 bits per heavy atom. The SMILES string of the molecule is C=C(C)C1=CCC(c2ccccc2O)OB1O. The van der Waals surface area contributed by atoms with E-state index in [1.54, 1.807) is 18.2 Å². The van der Waals surface area contributed by atoms with Crippen molar-refractivity contribution >= 4 is 7.12 Å². The van der Waals surface area contributed by atoms with E-state index in [0.29, 0.717) is 12.0 Å². The van der Waals surface area contributed by atoms with E-state index in [2.05, 4.69) is 6.58 Å². The minimum Gasteiger partial charge on any atom is -0.508 e. The van der Waals surface area contributed by atoms with Crippen molar-refractivity contribution in [3.05, 3.63) is 53.5 Å². The van der Waals surface area contributed by atoms with E-state index in [0.717, 1.165) is 11.0 Å². The van der Waals surface area contributed by atoms with Gasteiger partial charge >= 0.3 is 7.12 Å². The van der Waals surface area contributed by atoms with E-state index in [1.165, 1.54) is 0 Å². The van der Waals surface area contributed by atoms with Gasteiger partial charge in [-0.1, -0.05) is 36.4 Å². The summed E-state index contributed by atoms with van der Waals surface area (Å²) in [4.78, 5) is 0. The number of allylic oxidation sites excluding steroid dienone is 2. The van der Waals surface area contributed by atoms with Gasteiger partial charge in [0.1, 0.15) is 5.75 Å². The molecule has 0 radical (unpaired) electrons. The van der Waals surface area contributed by atoms with E-state index in [9.17, 15) is 10.1 Å². The summed E-state index contributed by atoms with van der Waals surface area (Å²) in [7, 11) is -0.967. The number of hydrogen-bond donors (Lipinski definition) is 2. The molecule has 0 bridgehead atoms. The molecule has 0 amide bonds. The molecule has 2 N–H and O–H groups in total. The fraction of sp³-hybridized carbons (Fsp3) is 0.231. The highest BCUT2D eigenvalue weighted by Crippen LogP contribution is 2.34. The Bertz CT molecular complexity index is 467. The zero-order valence-electron chi connectivity index (χ0n) is 9.76. The molecule has 1 aliphatic heterocycles. The molecule has 1 unspecified atom stereocenters. The molecule has 88 valence electrons. The number of para-hydroxylation sites is 1. The van der Waals surface area contributed by atoms with Crippen LogP contribution in [0.5, 0.6) is 5.75 Å². The maximum atomic E-state index is 9.83. The fourth-order valence-electron chi connectivity index (χ4n) is 1.96. The van der Waals surface area contributed by atoms with Crippen LogP contribution in [-0.4, -0.2) is 17.2 Å². The minimum absolute atomic E-state index is 0.192. The quantitative estimate of drug-likeness (QED) is 0.767. The van der Waals surface area contributed by atoms with Crippen LogP contribution in [0.15, 0.2) is 48.0 Å². The first kappa shape index (κ1) is 12.0. The summed E-state index contributed by atoms with van der Waals surface area (Å²) in [6.07, 6.45) is 2.22. The monoisotopic (exact) mass is 230 g/mol. The molecular weight excluding hydrogens is 215 g/mol. The van der Waals surface area contributed by atoms with Crippen LogP contribution in [0.2, 0.25) is 0 Å². The molecule has 1 heterocycles. The van der Waals surface area contributed by atoms with E-state index in [4.69, 9.17) is 4.65 Å². The fourth-order valence-corrected chi connectivity index (χ4v) is 1.96. The van der Waals surface area contributed by atoms with Gasteiger partial charge in [0.05, 0.1) is 6.10 Å². The predicted molar refractivity (Wildman–Crippen MR) is 67.4 cm³/mol. The average Bonchev–Trinajstić information content (AvgIpc) is 2.29. The molecule has 1 aromatic carbocycles. The summed E-state index contributed by atoms with van der Waals surface area (Å²) >= 11 is 0. The Morgan fingerprint density at radius 2 is 2.18 bits per heavy atom. The smallest absolute Gasteiger partial charge is 0.491 e. The maximum Gasteiger partial charge on any atom is 0.491 e. The Hall–Kier alpha value is -1.52. The highest BCUT2D eigenvalue weighted by atomic mass is 16.5. The van der Waals surface area contributed by atoms with Gasteiger partial charge in [-0.25, -0.2) is 0 Å². The number of aromatic hydroxyl groups is 1. The van der Waals surface area contributed by atoms with Crippen molar-refractivity contribution in [2.45, 2.75) is 19.4 Å². The van der Waals surface area contributed by atoms with Crippen molar-refractivity contribution in [1.82, 2.24) is 0 Å². The number of benzene rings is 1. The molecule has 1 aromatic rings. The summed E-state index contributed by atoms with van der Waals surface area (Å²) in [5, 5.41) is 19.6. The van der Waals surface area contributed by atoms with E-state index in [1.807, 2.05) is 19.1 Å². The normalized spacial score (nSPS) is 20.0. The first-order valence-corrected chi connectivity index (χ1v) is 5.57. The lowest BCUT2D eigenvalue weighted by Gasteiger charge is -2.26. The molecule has 3 nitrogen and oxygen atoms in total. The Morgan fingerprint density at radius 1 is 1.47 bits per heavy atom. The summed E-state index contributed by atoms with van der Waals surface area (Å²) in [6, 6.07) is 7.01. The molecule has 2 rings (SSSR count). The summed E-state index contributed by atoms with van der Waals surface area (Å²) in [5.41, 5.74) is 2.22. The second kappa shape index (κ2) is 4.78. The molecule has 0 aliphatic carbocycles. The predicted octanol–water partition coefficient (Wildman–Crippen LogP) is 2.38. The lowest BCUT2D eigenvalue weighted by atomic mass is 9.71. The molecule has 0 saturated heterocycles. The highest BCUT2D eigenvalue weighted by molar-refractivity contribution is 6.54. The second-order valence-electron chi connectivity index (χ2n) is 4.21. The van der Waals surface area contributed by atoms with Gasteiger partial charge in [-0.3, -0.25) is 0 Å². The topological polar surface area (TPSA) is 49.7 Å². The van der Waals surface area contributed by atoms with Crippen molar-refractivity contribution in [3.8, 4) is 5.75 Å². The third-order valence-electron chi connectivity index (χ3n) is 2.89. The van der Waals surface area contributed by atoms with Gasteiger partial charge in [0.15, 0.2) is 0 Å². The Kier molecular flexibility index (Phi) is 3.36. The van der Waals surface area contributed by atoms with Crippen LogP contribution in [0.1, 0.15) is 25.0 Å². The van der Waals surface area contributed by atoms with Crippen LogP contribution in [0.25, 0.3) is 0 Å². The third kappa shape index (κ3) is 2.43. The molecule has 1 atom stereocenters. The van der Waals surface area contributed by atoms with Crippen LogP contribution in [0.4, 0.5) is 0 Å². The molecule has 4 heteroatoms. The van der Waals surface area contributed by atoms with Gasteiger partial charge in [-0.15, -0.1) is 0 Å². The molecule has 0 aromatic heterocycles. The Labute approximate surface area is 101 Å². The molecule has 0 fully saturated rings. The lowest BCUT2D eigenvalue weighted by molar-refractivity contribution is 0.165. The van der Waals surface area contributed by atoms with Gasteiger partial charge in [0, 0.05) is 5.56 Å². The van der Waals surface area contributed by atoms with Crippen molar-refractivity contribution in [2.75, 3.05) is 0 Å². The summed E-state index contributed by atoms with van der Waals surface area (Å²) in [6.45, 7) is 5.62. The molecule has 17 heavy (non-hydrogen) atoms. The minimum atomic E-state index is -0.967. The molecule has 0 spiro atoms. The van der Waals surface area contributed by atoms with Crippen LogP contribution in [-0.2, 0) is 4.65 Å². The van der Waals surface area contributed by atoms with Crippen LogP contribution >= 0.6 is 0 Å². The number of hydrogen-bond acceptors (Lipinski definition) is 3. The molecular formula is C13H15BO3. The van der Waals surface area contributed by atoms with Crippen LogP contribution < -0.4 is 0 Å². The second-order valence-corrected chi connectivity index (χ2v) is 4.21. The molecule has 1 aliphatic rings. The zero-order chi connectivity index (χ0) is 12.4. The molecule has 0 saturated carbocycles. The van der Waals surface area contributed by atoms with Crippen LogP contribution in [0.3, 0.4) is 0 Å². The van der Waals surface area contributed by atoms with Gasteiger partial charge in [0.25, 0.3) is 0 Å². The van der Waals surface area contributed by atoms with Crippen molar-refractivity contribution in [3.63, 3.8) is 0 Å². The summed E-state index contributed by atoms with van der Waals surface area (Å²) in [5.74, 6) is 0.192. The standard InChI is InChI=1S/C13H15BO3/c1-9(2)11-7-8-13(17-14(11)16)10-5-3-4-6-12(10)15/h3-7,13,15-16H,1,8H2,2H3. The van der Waals surface area contributed by atoms with Crippen molar-refractivity contribution < 1.29 is 14.8 Å². The zero-order valence-corrected chi connectivity index (χ0v) is 9.76. The third-order valence-corrected chi connectivity index (χ3v) is 2.89. The first-order chi connectivity index (χ1) is 8.09. The summed E-state index contributed by atoms with van der Waals surface area (Å²) < 4.78 is 5.49. The van der Waals surface area contributed by atoms with Gasteiger partial charge in [-0.2, -0.15) is 0 Å². The Balaban J connectivity index is 2.23. The van der Waals surface area contributed by atoms with Crippen molar-refractivity contribution in [2.24, 2.45) is 0 Å². The van der Waals surface area contributed by atoms with Gasteiger partial charge < -0.3 is 14.8 Å². The van der Waals surface area contributed by atoms with Gasteiger partial charge in [0.2, 0.25) is 0 Å². The van der Waals surface area contributed by atoms with E-state index >= 15 is 0 Å². The number of phenolic OH excluding ortho intramolecular Hbond substituents is 1. The highest BCUT2D eigenvalue weighted by Gasteiger charge is 2.30.